The van der Waals surface area contributed by atoms with E-state index in [4.69, 9.17) is 0 Å². The molecule has 0 spiro atoms. The zero-order valence-corrected chi connectivity index (χ0v) is 9.04. The Kier molecular flexibility index (Phi) is 2.24. The molecule has 0 unspecified atom stereocenters. The summed E-state index contributed by atoms with van der Waals surface area (Å²) in [4.78, 5) is 11.3. The Morgan fingerprint density at radius 1 is 1.69 bits per heavy atom. The van der Waals surface area contributed by atoms with Crippen LogP contribution < -0.4 is 0 Å². The summed E-state index contributed by atoms with van der Waals surface area (Å²) >= 11 is 3.34. The standard InChI is InChI=1S/C9H11BrN2O/c1-6(13)9-8(10)5-11-12(9)7-3-2-4-7/h5,7H,2-4H2,1H3. The van der Waals surface area contributed by atoms with Crippen molar-refractivity contribution in [2.24, 2.45) is 0 Å². The number of carbonyl (C=O) groups excluding carboxylic acids is 1. The van der Waals surface area contributed by atoms with Crippen molar-refractivity contribution in [3.8, 4) is 0 Å². The molecule has 0 radical (unpaired) electrons. The Labute approximate surface area is 85.3 Å². The number of ketones is 1. The Hall–Kier alpha value is -0.640. The average Bonchev–Trinajstić information content (AvgIpc) is 2.28. The first-order valence-corrected chi connectivity index (χ1v) is 5.23. The van der Waals surface area contributed by atoms with E-state index in [2.05, 4.69) is 21.0 Å². The topological polar surface area (TPSA) is 34.9 Å². The van der Waals surface area contributed by atoms with Crippen molar-refractivity contribution in [2.75, 3.05) is 0 Å². The first-order chi connectivity index (χ1) is 6.20. The van der Waals surface area contributed by atoms with E-state index in [0.717, 1.165) is 17.3 Å². The first-order valence-electron chi connectivity index (χ1n) is 4.44. The molecule has 1 aromatic rings. The van der Waals surface area contributed by atoms with E-state index in [0.29, 0.717) is 11.7 Å². The van der Waals surface area contributed by atoms with Crippen LogP contribution in [0.1, 0.15) is 42.7 Å². The quantitative estimate of drug-likeness (QED) is 0.748. The van der Waals surface area contributed by atoms with Crippen LogP contribution in [0.5, 0.6) is 0 Å². The van der Waals surface area contributed by atoms with Crippen molar-refractivity contribution in [3.05, 3.63) is 16.4 Å². The third-order valence-electron chi connectivity index (χ3n) is 2.50. The normalized spacial score (nSPS) is 17.1. The van der Waals surface area contributed by atoms with Crippen molar-refractivity contribution >= 4 is 21.7 Å². The summed E-state index contributed by atoms with van der Waals surface area (Å²) in [5.74, 6) is 0.0799. The molecule has 0 saturated heterocycles. The van der Waals surface area contributed by atoms with Crippen molar-refractivity contribution in [3.63, 3.8) is 0 Å². The maximum Gasteiger partial charge on any atom is 0.178 e. The number of nitrogens with zero attached hydrogens (tertiary/aromatic N) is 2. The molecule has 0 atom stereocenters. The van der Waals surface area contributed by atoms with E-state index in [1.165, 1.54) is 6.42 Å². The maximum atomic E-state index is 11.3. The largest absolute Gasteiger partial charge is 0.293 e. The fourth-order valence-corrected chi connectivity index (χ4v) is 2.13. The van der Waals surface area contributed by atoms with Gasteiger partial charge in [0.15, 0.2) is 5.78 Å². The molecular formula is C9H11BrN2O. The first kappa shape index (κ1) is 8.94. The van der Waals surface area contributed by atoms with Crippen LogP contribution in [-0.2, 0) is 0 Å². The highest BCUT2D eigenvalue weighted by molar-refractivity contribution is 9.10. The molecule has 2 rings (SSSR count). The van der Waals surface area contributed by atoms with Crippen LogP contribution in [0.25, 0.3) is 0 Å². The van der Waals surface area contributed by atoms with Gasteiger partial charge in [-0.25, -0.2) is 0 Å². The minimum Gasteiger partial charge on any atom is -0.293 e. The van der Waals surface area contributed by atoms with Crippen LogP contribution in [0.15, 0.2) is 10.7 Å². The lowest BCUT2D eigenvalue weighted by molar-refractivity contribution is 0.0995. The molecule has 1 heterocycles. The molecule has 1 fully saturated rings. The number of hydrogen-bond donors (Lipinski definition) is 0. The molecule has 0 amide bonds. The summed E-state index contributed by atoms with van der Waals surface area (Å²) in [6, 6.07) is 0.449. The SMILES string of the molecule is CC(=O)c1c(Br)cnn1C1CCC1. The third-order valence-corrected chi connectivity index (χ3v) is 3.09. The zero-order valence-electron chi connectivity index (χ0n) is 7.46. The van der Waals surface area contributed by atoms with Crippen LogP contribution in [-0.4, -0.2) is 15.6 Å². The van der Waals surface area contributed by atoms with Crippen LogP contribution in [0.2, 0.25) is 0 Å². The molecule has 70 valence electrons. The number of carbonyl (C=O) groups is 1. The van der Waals surface area contributed by atoms with Gasteiger partial charge in [-0.1, -0.05) is 0 Å². The van der Waals surface area contributed by atoms with Crippen molar-refractivity contribution in [1.29, 1.82) is 0 Å². The highest BCUT2D eigenvalue weighted by atomic mass is 79.9. The van der Waals surface area contributed by atoms with Gasteiger partial charge in [0.2, 0.25) is 0 Å². The van der Waals surface area contributed by atoms with E-state index in [9.17, 15) is 4.79 Å². The average molecular weight is 243 g/mol. The van der Waals surface area contributed by atoms with Gasteiger partial charge in [-0.2, -0.15) is 5.10 Å². The summed E-state index contributed by atoms with van der Waals surface area (Å²) in [5, 5.41) is 4.21. The Morgan fingerprint density at radius 3 is 2.85 bits per heavy atom. The molecule has 0 aromatic carbocycles. The summed E-state index contributed by atoms with van der Waals surface area (Å²) in [5.41, 5.74) is 0.713. The molecule has 3 nitrogen and oxygen atoms in total. The lowest BCUT2D eigenvalue weighted by Gasteiger charge is -2.26. The van der Waals surface area contributed by atoms with Crippen molar-refractivity contribution < 1.29 is 4.79 Å². The molecule has 0 N–H and O–H groups in total. The predicted molar refractivity (Wildman–Crippen MR) is 52.8 cm³/mol. The smallest absolute Gasteiger partial charge is 0.178 e. The summed E-state index contributed by atoms with van der Waals surface area (Å²) in [6.45, 7) is 1.58. The number of aromatic nitrogens is 2. The predicted octanol–water partition coefficient (Wildman–Crippen LogP) is 2.57. The van der Waals surface area contributed by atoms with Gasteiger partial charge >= 0.3 is 0 Å². The number of halogens is 1. The van der Waals surface area contributed by atoms with E-state index >= 15 is 0 Å². The number of rotatable bonds is 2. The maximum absolute atomic E-state index is 11.3. The van der Waals surface area contributed by atoms with E-state index in [1.54, 1.807) is 13.1 Å². The molecule has 1 aliphatic carbocycles. The second-order valence-electron chi connectivity index (χ2n) is 3.43. The molecule has 1 aromatic heterocycles. The van der Waals surface area contributed by atoms with Gasteiger partial charge in [0.05, 0.1) is 16.7 Å². The highest BCUT2D eigenvalue weighted by Gasteiger charge is 2.25. The minimum absolute atomic E-state index is 0.0799. The Morgan fingerprint density at radius 2 is 2.38 bits per heavy atom. The van der Waals surface area contributed by atoms with E-state index in [1.807, 2.05) is 4.68 Å². The van der Waals surface area contributed by atoms with Gasteiger partial charge < -0.3 is 0 Å². The van der Waals surface area contributed by atoms with Gasteiger partial charge in [-0.3, -0.25) is 9.48 Å². The second-order valence-corrected chi connectivity index (χ2v) is 4.28. The molecule has 1 aliphatic rings. The van der Waals surface area contributed by atoms with Gasteiger partial charge in [-0.15, -0.1) is 0 Å². The highest BCUT2D eigenvalue weighted by Crippen LogP contribution is 2.33. The van der Waals surface area contributed by atoms with Crippen LogP contribution in [0.3, 0.4) is 0 Å². The fraction of sp³-hybridized carbons (Fsp3) is 0.556. The van der Waals surface area contributed by atoms with Gasteiger partial charge in [0.1, 0.15) is 5.69 Å². The minimum atomic E-state index is 0.0799. The van der Waals surface area contributed by atoms with Crippen LogP contribution in [0.4, 0.5) is 0 Å². The Balaban J connectivity index is 2.38. The molecule has 13 heavy (non-hydrogen) atoms. The van der Waals surface area contributed by atoms with Crippen LogP contribution in [0, 0.1) is 0 Å². The third kappa shape index (κ3) is 1.43. The van der Waals surface area contributed by atoms with E-state index < -0.39 is 0 Å². The summed E-state index contributed by atoms with van der Waals surface area (Å²) in [7, 11) is 0. The number of Topliss-reactive ketones (excluding diaryl/α,β-unsaturated/α-hetero) is 1. The van der Waals surface area contributed by atoms with Crippen LogP contribution >= 0.6 is 15.9 Å². The monoisotopic (exact) mass is 242 g/mol. The molecule has 4 heteroatoms. The second kappa shape index (κ2) is 3.25. The van der Waals surface area contributed by atoms with Crippen molar-refractivity contribution in [2.45, 2.75) is 32.2 Å². The lowest BCUT2D eigenvalue weighted by atomic mass is 9.93. The summed E-state index contributed by atoms with van der Waals surface area (Å²) in [6.07, 6.45) is 5.25. The molecule has 0 aliphatic heterocycles. The molecule has 0 bridgehead atoms. The van der Waals surface area contributed by atoms with Gasteiger partial charge in [0.25, 0.3) is 0 Å². The number of hydrogen-bond acceptors (Lipinski definition) is 2. The molecule has 1 saturated carbocycles. The van der Waals surface area contributed by atoms with Gasteiger partial charge in [0, 0.05) is 6.92 Å². The summed E-state index contributed by atoms with van der Waals surface area (Å²) < 4.78 is 2.67. The fourth-order valence-electron chi connectivity index (χ4n) is 1.58. The van der Waals surface area contributed by atoms with Gasteiger partial charge in [-0.05, 0) is 35.2 Å². The lowest BCUT2D eigenvalue weighted by Crippen LogP contribution is -2.21. The Bertz CT molecular complexity index is 341. The zero-order chi connectivity index (χ0) is 9.42. The van der Waals surface area contributed by atoms with E-state index in [-0.39, 0.29) is 5.78 Å². The van der Waals surface area contributed by atoms with Crippen molar-refractivity contribution in [1.82, 2.24) is 9.78 Å². The molecular weight excluding hydrogens is 232 g/mol.